The van der Waals surface area contributed by atoms with Gasteiger partial charge in [-0.2, -0.15) is 0 Å². The van der Waals surface area contributed by atoms with Crippen molar-refractivity contribution in [3.05, 3.63) is 125 Å². The summed E-state index contributed by atoms with van der Waals surface area (Å²) >= 11 is 0. The van der Waals surface area contributed by atoms with E-state index in [1.807, 2.05) is 0 Å². The molecule has 0 amide bonds. The highest BCUT2D eigenvalue weighted by Gasteiger charge is 2.32. The van der Waals surface area contributed by atoms with Gasteiger partial charge in [0.25, 0.3) is 0 Å². The monoisotopic (exact) mass is 534 g/mol. The molecular weight excluding hydrogens is 504 g/mol. The molecule has 1 atom stereocenters. The van der Waals surface area contributed by atoms with Crippen LogP contribution in [0.15, 0.2) is 97.1 Å². The molecule has 0 aliphatic heterocycles. The first-order valence-electron chi connectivity index (χ1n) is 12.5. The Labute approximate surface area is 234 Å². The number of benzene rings is 4. The maximum atomic E-state index is 11.9. The van der Waals surface area contributed by atoms with Gasteiger partial charge in [-0.15, -0.1) is 0 Å². The zero-order valence-corrected chi connectivity index (χ0v) is 22.5. The molecule has 40 heavy (non-hydrogen) atoms. The van der Waals surface area contributed by atoms with Crippen LogP contribution in [-0.2, 0) is 17.8 Å². The van der Waals surface area contributed by atoms with Crippen LogP contribution in [0.2, 0.25) is 0 Å². The second kappa shape index (κ2) is 12.4. The molecule has 0 aromatic heterocycles. The zero-order chi connectivity index (χ0) is 28.6. The number of methoxy groups -OCH3 is 3. The summed E-state index contributed by atoms with van der Waals surface area (Å²) in [4.78, 5) is 0. The van der Waals surface area contributed by atoms with Crippen molar-refractivity contribution in [3.63, 3.8) is 0 Å². The van der Waals surface area contributed by atoms with Gasteiger partial charge in [0, 0.05) is 22.3 Å². The number of hydrogen-bond donors (Lipinski definition) is 3. The number of hydrogen-bond acceptors (Lipinski definition) is 6. The lowest BCUT2D eigenvalue weighted by molar-refractivity contribution is 0.143. The quantitative estimate of drug-likeness (QED) is 0.291. The average Bonchev–Trinajstić information content (AvgIpc) is 3.02. The lowest BCUT2D eigenvalue weighted by atomic mass is 9.85. The van der Waals surface area contributed by atoms with Crippen molar-refractivity contribution in [2.45, 2.75) is 17.8 Å². The van der Waals surface area contributed by atoms with Gasteiger partial charge in [-0.1, -0.05) is 54.6 Å². The molecule has 6 nitrogen and oxygen atoms in total. The third-order valence-electron chi connectivity index (χ3n) is 6.54. The van der Waals surface area contributed by atoms with Crippen molar-refractivity contribution in [1.29, 1.82) is 0 Å². The van der Waals surface area contributed by atoms with Crippen LogP contribution in [0.1, 0.15) is 27.8 Å². The molecular formula is C34H30O6. The number of rotatable bonds is 8. The molecule has 0 heterocycles. The van der Waals surface area contributed by atoms with E-state index in [0.29, 0.717) is 45.1 Å². The Morgan fingerprint density at radius 2 is 0.900 bits per heavy atom. The predicted molar refractivity (Wildman–Crippen MR) is 153 cm³/mol. The molecule has 0 aliphatic carbocycles. The fraction of sp³-hybridized carbons (Fsp3) is 0.176. The van der Waals surface area contributed by atoms with Gasteiger partial charge in [0.15, 0.2) is 11.2 Å². The van der Waals surface area contributed by atoms with E-state index in [-0.39, 0.29) is 6.61 Å². The van der Waals surface area contributed by atoms with Gasteiger partial charge in [-0.25, -0.2) is 0 Å². The SMILES string of the molecule is COc1cccc(C(O)(C#CC#CC(O)(c2cccc(OC)c2)c2cccc(OC)c2)c2cccc(CO)c2)c1. The van der Waals surface area contributed by atoms with Gasteiger partial charge in [0.2, 0.25) is 0 Å². The highest BCUT2D eigenvalue weighted by atomic mass is 16.5. The van der Waals surface area contributed by atoms with Crippen LogP contribution in [0.4, 0.5) is 0 Å². The van der Waals surface area contributed by atoms with E-state index in [1.54, 1.807) is 118 Å². The lowest BCUT2D eigenvalue weighted by Crippen LogP contribution is -2.26. The molecule has 4 aromatic rings. The van der Waals surface area contributed by atoms with Crippen molar-refractivity contribution >= 4 is 0 Å². The first kappa shape index (κ1) is 28.3. The summed E-state index contributed by atoms with van der Waals surface area (Å²) in [5, 5.41) is 33.5. The summed E-state index contributed by atoms with van der Waals surface area (Å²) in [6.07, 6.45) is 0. The third-order valence-corrected chi connectivity index (χ3v) is 6.54. The molecule has 0 saturated heterocycles. The van der Waals surface area contributed by atoms with Crippen LogP contribution in [0, 0.1) is 23.7 Å². The Bertz CT molecular complexity index is 1390. The van der Waals surface area contributed by atoms with Gasteiger partial charge < -0.3 is 29.5 Å². The van der Waals surface area contributed by atoms with Gasteiger partial charge in [0.1, 0.15) is 17.2 Å². The Kier molecular flexibility index (Phi) is 8.79. The van der Waals surface area contributed by atoms with E-state index in [9.17, 15) is 15.3 Å². The standard InChI is InChI=1S/C34H30O6/c1-38-30-15-7-12-27(21-30)33(36,26-11-6-10-25(20-26)24-35)18-4-5-19-34(37,28-13-8-16-31(22-28)39-2)29-14-9-17-32(23-29)40-3/h6-17,20-23,35-37H,24H2,1-3H3. The van der Waals surface area contributed by atoms with E-state index < -0.39 is 11.2 Å². The summed E-state index contributed by atoms with van der Waals surface area (Å²) in [5.74, 6) is 13.0. The van der Waals surface area contributed by atoms with Crippen molar-refractivity contribution in [2.75, 3.05) is 21.3 Å². The van der Waals surface area contributed by atoms with Crippen LogP contribution in [0.25, 0.3) is 0 Å². The lowest BCUT2D eigenvalue weighted by Gasteiger charge is -2.25. The Morgan fingerprint density at radius 3 is 1.25 bits per heavy atom. The van der Waals surface area contributed by atoms with E-state index in [4.69, 9.17) is 14.2 Å². The third kappa shape index (κ3) is 5.96. The molecule has 0 fully saturated rings. The highest BCUT2D eigenvalue weighted by molar-refractivity contribution is 5.53. The van der Waals surface area contributed by atoms with Gasteiger partial charge in [-0.05, 0) is 71.7 Å². The van der Waals surface area contributed by atoms with Crippen LogP contribution in [0.5, 0.6) is 17.2 Å². The van der Waals surface area contributed by atoms with Gasteiger partial charge in [0.05, 0.1) is 27.9 Å². The summed E-state index contributed by atoms with van der Waals surface area (Å²) < 4.78 is 16.1. The van der Waals surface area contributed by atoms with Crippen LogP contribution >= 0.6 is 0 Å². The van der Waals surface area contributed by atoms with Gasteiger partial charge in [-0.3, -0.25) is 0 Å². The topological polar surface area (TPSA) is 88.4 Å². The Hall–Kier alpha value is -4.72. The molecule has 6 heteroatoms. The van der Waals surface area contributed by atoms with Crippen molar-refractivity contribution in [1.82, 2.24) is 0 Å². The molecule has 4 rings (SSSR count). The minimum Gasteiger partial charge on any atom is -0.497 e. The van der Waals surface area contributed by atoms with E-state index in [1.165, 1.54) is 0 Å². The largest absolute Gasteiger partial charge is 0.497 e. The van der Waals surface area contributed by atoms with Crippen LogP contribution in [0.3, 0.4) is 0 Å². The maximum absolute atomic E-state index is 11.9. The molecule has 1 unspecified atom stereocenters. The van der Waals surface area contributed by atoms with E-state index in [2.05, 4.69) is 23.7 Å². The van der Waals surface area contributed by atoms with Crippen LogP contribution < -0.4 is 14.2 Å². The maximum Gasteiger partial charge on any atom is 0.178 e. The highest BCUT2D eigenvalue weighted by Crippen LogP contribution is 2.34. The minimum absolute atomic E-state index is 0.191. The molecule has 0 aliphatic rings. The van der Waals surface area contributed by atoms with Crippen molar-refractivity contribution in [2.24, 2.45) is 0 Å². The van der Waals surface area contributed by atoms with E-state index >= 15 is 0 Å². The zero-order valence-electron chi connectivity index (χ0n) is 22.5. The first-order chi connectivity index (χ1) is 19.4. The number of aliphatic hydroxyl groups is 3. The molecule has 4 aromatic carbocycles. The second-order valence-electron chi connectivity index (χ2n) is 8.98. The summed E-state index contributed by atoms with van der Waals surface area (Å²) in [6.45, 7) is -0.191. The smallest absolute Gasteiger partial charge is 0.178 e. The summed E-state index contributed by atoms with van der Waals surface area (Å²) in [5.41, 5.74) is -1.04. The van der Waals surface area contributed by atoms with Gasteiger partial charge >= 0.3 is 0 Å². The first-order valence-corrected chi connectivity index (χ1v) is 12.5. The fourth-order valence-electron chi connectivity index (χ4n) is 4.30. The van der Waals surface area contributed by atoms with Crippen LogP contribution in [-0.4, -0.2) is 36.6 Å². The normalized spacial score (nSPS) is 12.2. The Balaban J connectivity index is 1.86. The van der Waals surface area contributed by atoms with E-state index in [0.717, 1.165) is 0 Å². The molecule has 0 saturated carbocycles. The Morgan fingerprint density at radius 1 is 0.550 bits per heavy atom. The number of ether oxygens (including phenoxy) is 3. The minimum atomic E-state index is -1.78. The summed E-state index contributed by atoms with van der Waals surface area (Å²) in [7, 11) is 4.64. The van der Waals surface area contributed by atoms with Crippen molar-refractivity contribution < 1.29 is 29.5 Å². The molecule has 0 spiro atoms. The predicted octanol–water partition coefficient (Wildman–Crippen LogP) is 4.38. The second-order valence-corrected chi connectivity index (χ2v) is 8.98. The molecule has 0 radical (unpaired) electrons. The number of aliphatic hydroxyl groups excluding tert-OH is 1. The molecule has 3 N–H and O–H groups in total. The fourth-order valence-corrected chi connectivity index (χ4v) is 4.30. The van der Waals surface area contributed by atoms with Crippen molar-refractivity contribution in [3.8, 4) is 40.9 Å². The molecule has 0 bridgehead atoms. The molecule has 202 valence electrons. The summed E-state index contributed by atoms with van der Waals surface area (Å²) in [6, 6.07) is 27.8. The average molecular weight is 535 g/mol.